The molecule has 0 fully saturated rings. The molecular formula is C26H26F2N4O. The zero-order valence-corrected chi connectivity index (χ0v) is 19.1. The maximum Gasteiger partial charge on any atom is 0.264 e. The van der Waals surface area contributed by atoms with Crippen LogP contribution in [0.1, 0.15) is 47.3 Å². The van der Waals surface area contributed by atoms with Gasteiger partial charge in [0.05, 0.1) is 22.8 Å². The lowest BCUT2D eigenvalue weighted by Gasteiger charge is -2.17. The Labute approximate surface area is 191 Å². The number of pyridine rings is 1. The smallest absolute Gasteiger partial charge is 0.264 e. The van der Waals surface area contributed by atoms with E-state index in [-0.39, 0.29) is 29.7 Å². The van der Waals surface area contributed by atoms with Crippen LogP contribution in [-0.4, -0.2) is 20.7 Å². The van der Waals surface area contributed by atoms with Crippen LogP contribution in [0.5, 0.6) is 0 Å². The summed E-state index contributed by atoms with van der Waals surface area (Å²) >= 11 is 0. The molecule has 0 aliphatic carbocycles. The molecule has 4 aromatic rings. The van der Waals surface area contributed by atoms with Crippen LogP contribution in [0.25, 0.3) is 22.3 Å². The van der Waals surface area contributed by atoms with Gasteiger partial charge in [-0.15, -0.1) is 0 Å². The number of nitrogens with zero attached hydrogens (tertiary/aromatic N) is 3. The molecule has 0 saturated carbocycles. The lowest BCUT2D eigenvalue weighted by Crippen LogP contribution is -2.30. The highest BCUT2D eigenvalue weighted by atomic mass is 19.3. The first kappa shape index (κ1) is 22.6. The number of fused-ring (bicyclic) bond motifs is 1. The molecule has 7 heteroatoms. The molecule has 0 aliphatic rings. The molecule has 1 unspecified atom stereocenters. The molecule has 5 nitrogen and oxygen atoms in total. The van der Waals surface area contributed by atoms with Crippen molar-refractivity contribution in [3.63, 3.8) is 0 Å². The number of halogens is 2. The second-order valence-corrected chi connectivity index (χ2v) is 8.35. The largest absolute Gasteiger partial charge is 0.348 e. The number of alkyl halides is 2. The van der Waals surface area contributed by atoms with Gasteiger partial charge in [-0.3, -0.25) is 4.79 Å². The molecule has 1 atom stereocenters. The predicted molar refractivity (Wildman–Crippen MR) is 125 cm³/mol. The number of hydrogen-bond donors (Lipinski definition) is 1. The first-order valence-corrected chi connectivity index (χ1v) is 10.8. The van der Waals surface area contributed by atoms with Crippen molar-refractivity contribution < 1.29 is 13.6 Å². The van der Waals surface area contributed by atoms with Crippen LogP contribution in [0.15, 0.2) is 54.6 Å². The van der Waals surface area contributed by atoms with Gasteiger partial charge in [-0.05, 0) is 44.9 Å². The number of nitrogens with one attached hydrogen (secondary N) is 1. The van der Waals surface area contributed by atoms with Gasteiger partial charge in [-0.25, -0.2) is 18.4 Å². The summed E-state index contributed by atoms with van der Waals surface area (Å²) in [6.45, 7) is 7.49. The monoisotopic (exact) mass is 448 g/mol. The number of rotatable bonds is 6. The fourth-order valence-corrected chi connectivity index (χ4v) is 4.24. The Balaban J connectivity index is 1.67. The minimum Gasteiger partial charge on any atom is -0.348 e. The van der Waals surface area contributed by atoms with Crippen molar-refractivity contribution in [3.05, 3.63) is 82.5 Å². The Morgan fingerprint density at radius 2 is 1.76 bits per heavy atom. The van der Waals surface area contributed by atoms with Gasteiger partial charge in [0.25, 0.3) is 6.43 Å². The molecule has 170 valence electrons. The quantitative estimate of drug-likeness (QED) is 0.403. The number of aryl methyl sites for hydroxylation is 3. The van der Waals surface area contributed by atoms with Crippen LogP contribution in [0.3, 0.4) is 0 Å². The van der Waals surface area contributed by atoms with Crippen LogP contribution < -0.4 is 5.32 Å². The van der Waals surface area contributed by atoms with Crippen LogP contribution in [0.4, 0.5) is 8.78 Å². The summed E-state index contributed by atoms with van der Waals surface area (Å²) in [6.07, 6.45) is -2.69. The highest BCUT2D eigenvalue weighted by Gasteiger charge is 2.22. The third-order valence-electron chi connectivity index (χ3n) is 5.78. The SMILES string of the molecule is Cc1ccc(C(C)NC(=O)Cn2nc(C)c3c(C(F)F)cc(-c4ccccc4)nc32)c(C)c1. The first-order chi connectivity index (χ1) is 15.7. The van der Waals surface area contributed by atoms with Crippen LogP contribution in [0.2, 0.25) is 0 Å². The van der Waals surface area contributed by atoms with Gasteiger partial charge in [0.15, 0.2) is 5.65 Å². The van der Waals surface area contributed by atoms with Crippen LogP contribution in [-0.2, 0) is 11.3 Å². The van der Waals surface area contributed by atoms with Gasteiger partial charge in [-0.2, -0.15) is 5.10 Å². The third kappa shape index (κ3) is 4.62. The van der Waals surface area contributed by atoms with Crippen LogP contribution >= 0.6 is 0 Å². The van der Waals surface area contributed by atoms with Crippen molar-refractivity contribution in [2.45, 2.75) is 46.7 Å². The molecule has 1 amide bonds. The lowest BCUT2D eigenvalue weighted by atomic mass is 10.0. The minimum atomic E-state index is -2.69. The Morgan fingerprint density at radius 1 is 1.03 bits per heavy atom. The molecule has 0 bridgehead atoms. The number of benzene rings is 2. The molecule has 4 rings (SSSR count). The number of amides is 1. The van der Waals surface area contributed by atoms with E-state index in [1.807, 2.05) is 63.2 Å². The maximum absolute atomic E-state index is 13.9. The Bertz CT molecular complexity index is 1320. The number of carbonyl (C=O) groups is 1. The number of carbonyl (C=O) groups excluding carboxylic acids is 1. The minimum absolute atomic E-state index is 0.118. The van der Waals surface area contributed by atoms with Gasteiger partial charge in [0, 0.05) is 11.1 Å². The zero-order chi connectivity index (χ0) is 23.7. The normalized spacial score (nSPS) is 12.3. The summed E-state index contributed by atoms with van der Waals surface area (Å²) in [4.78, 5) is 17.5. The van der Waals surface area contributed by atoms with E-state index in [0.717, 1.165) is 22.3 Å². The van der Waals surface area contributed by atoms with Crippen LogP contribution in [0, 0.1) is 20.8 Å². The Morgan fingerprint density at radius 3 is 2.42 bits per heavy atom. The van der Waals surface area contributed by atoms with E-state index in [1.165, 1.54) is 10.7 Å². The van der Waals surface area contributed by atoms with Crippen molar-refractivity contribution in [1.82, 2.24) is 20.1 Å². The molecule has 0 spiro atoms. The Kier molecular flexibility index (Phi) is 6.22. The molecule has 0 aliphatic heterocycles. The topological polar surface area (TPSA) is 59.8 Å². The first-order valence-electron chi connectivity index (χ1n) is 10.8. The molecule has 2 heterocycles. The standard InChI is InChI=1S/C26H26F2N4O/c1-15-10-11-20(16(2)12-15)17(3)29-23(33)14-32-26-24(18(4)31-32)21(25(27)28)13-22(30-26)19-8-6-5-7-9-19/h5-13,17,25H,14H2,1-4H3,(H,29,33). The van der Waals surface area contributed by atoms with Crippen molar-refractivity contribution >= 4 is 16.9 Å². The van der Waals surface area contributed by atoms with E-state index in [2.05, 4.69) is 21.5 Å². The zero-order valence-electron chi connectivity index (χ0n) is 19.1. The van der Waals surface area contributed by atoms with Crippen molar-refractivity contribution in [3.8, 4) is 11.3 Å². The van der Waals surface area contributed by atoms with Crippen molar-refractivity contribution in [2.24, 2.45) is 0 Å². The molecule has 0 saturated heterocycles. The summed E-state index contributed by atoms with van der Waals surface area (Å²) < 4.78 is 29.3. The summed E-state index contributed by atoms with van der Waals surface area (Å²) in [5.41, 5.74) is 4.98. The Hall–Kier alpha value is -3.61. The maximum atomic E-state index is 13.9. The highest BCUT2D eigenvalue weighted by Crippen LogP contribution is 2.33. The summed E-state index contributed by atoms with van der Waals surface area (Å²) in [7, 11) is 0. The highest BCUT2D eigenvalue weighted by molar-refractivity contribution is 5.87. The van der Waals surface area contributed by atoms with E-state index in [0.29, 0.717) is 16.8 Å². The molecule has 2 aromatic carbocycles. The summed E-state index contributed by atoms with van der Waals surface area (Å²) in [5, 5.41) is 7.66. The van der Waals surface area contributed by atoms with Gasteiger partial charge < -0.3 is 5.32 Å². The van der Waals surface area contributed by atoms with Crippen molar-refractivity contribution in [1.29, 1.82) is 0 Å². The van der Waals surface area contributed by atoms with Gasteiger partial charge in [0.1, 0.15) is 6.54 Å². The summed E-state index contributed by atoms with van der Waals surface area (Å²) in [5.74, 6) is -0.266. The fraction of sp³-hybridized carbons (Fsp3) is 0.269. The van der Waals surface area contributed by atoms with E-state index >= 15 is 0 Å². The summed E-state index contributed by atoms with van der Waals surface area (Å²) in [6, 6.07) is 16.4. The fourth-order valence-electron chi connectivity index (χ4n) is 4.24. The van der Waals surface area contributed by atoms with E-state index in [4.69, 9.17) is 0 Å². The van der Waals surface area contributed by atoms with E-state index < -0.39 is 6.43 Å². The third-order valence-corrected chi connectivity index (χ3v) is 5.78. The van der Waals surface area contributed by atoms with E-state index in [1.54, 1.807) is 6.92 Å². The second kappa shape index (κ2) is 9.10. The molecular weight excluding hydrogens is 422 g/mol. The number of aromatic nitrogens is 3. The molecule has 1 N–H and O–H groups in total. The average molecular weight is 449 g/mol. The molecule has 2 aromatic heterocycles. The van der Waals surface area contributed by atoms with E-state index in [9.17, 15) is 13.6 Å². The second-order valence-electron chi connectivity index (χ2n) is 8.35. The predicted octanol–water partition coefficient (Wildman–Crippen LogP) is 5.84. The van der Waals surface area contributed by atoms with Gasteiger partial charge in [0.2, 0.25) is 5.91 Å². The molecule has 33 heavy (non-hydrogen) atoms. The number of hydrogen-bond acceptors (Lipinski definition) is 3. The lowest BCUT2D eigenvalue weighted by molar-refractivity contribution is -0.122. The average Bonchev–Trinajstić information content (AvgIpc) is 3.08. The van der Waals surface area contributed by atoms with Gasteiger partial charge >= 0.3 is 0 Å². The van der Waals surface area contributed by atoms with Gasteiger partial charge in [-0.1, -0.05) is 54.1 Å². The van der Waals surface area contributed by atoms with Crippen molar-refractivity contribution in [2.75, 3.05) is 0 Å². The molecule has 0 radical (unpaired) electrons.